The Morgan fingerprint density at radius 3 is 2.65 bits per heavy atom. The lowest BCUT2D eigenvalue weighted by Gasteiger charge is -2.33. The van der Waals surface area contributed by atoms with E-state index in [9.17, 15) is 4.79 Å². The fourth-order valence-corrected chi connectivity index (χ4v) is 3.19. The largest absolute Gasteiger partial charge is 0.445 e. The van der Waals surface area contributed by atoms with Crippen LogP contribution in [0.1, 0.15) is 37.7 Å². The number of carbonyl (C=O) groups is 1. The molecule has 0 unspecified atom stereocenters. The van der Waals surface area contributed by atoms with Gasteiger partial charge in [-0.1, -0.05) is 54.6 Å². The molecule has 1 aliphatic rings. The molecule has 0 aromatic heterocycles. The zero-order valence-corrected chi connectivity index (χ0v) is 13.9. The van der Waals surface area contributed by atoms with Gasteiger partial charge in [0.15, 0.2) is 0 Å². The van der Waals surface area contributed by atoms with Crippen LogP contribution in [0.5, 0.6) is 0 Å². The SMILES string of the molecule is O=C(OCc1ccccc1)N(CCSOOO)C1CCCCC1. The molecule has 1 aromatic rings. The fraction of sp³-hybridized carbons (Fsp3) is 0.562. The molecule has 1 fully saturated rings. The molecule has 7 heteroatoms. The molecule has 0 spiro atoms. The van der Waals surface area contributed by atoms with Crippen LogP contribution in [0, 0.1) is 0 Å². The summed E-state index contributed by atoms with van der Waals surface area (Å²) in [4.78, 5) is 14.2. The zero-order chi connectivity index (χ0) is 16.3. The van der Waals surface area contributed by atoms with Crippen molar-refractivity contribution in [2.75, 3.05) is 12.3 Å². The van der Waals surface area contributed by atoms with Crippen molar-refractivity contribution in [2.24, 2.45) is 0 Å². The lowest BCUT2D eigenvalue weighted by molar-refractivity contribution is -0.432. The van der Waals surface area contributed by atoms with Crippen molar-refractivity contribution in [3.8, 4) is 0 Å². The normalized spacial score (nSPS) is 15.3. The van der Waals surface area contributed by atoms with Crippen molar-refractivity contribution >= 4 is 18.1 Å². The molecule has 0 heterocycles. The molecular weight excluding hydrogens is 318 g/mol. The van der Waals surface area contributed by atoms with Crippen LogP contribution in [0.15, 0.2) is 30.3 Å². The van der Waals surface area contributed by atoms with Gasteiger partial charge < -0.3 is 9.64 Å². The van der Waals surface area contributed by atoms with Crippen molar-refractivity contribution in [1.29, 1.82) is 0 Å². The van der Waals surface area contributed by atoms with Crippen molar-refractivity contribution in [3.63, 3.8) is 0 Å². The van der Waals surface area contributed by atoms with Crippen LogP contribution in [0.25, 0.3) is 0 Å². The summed E-state index contributed by atoms with van der Waals surface area (Å²) in [6, 6.07) is 9.85. The van der Waals surface area contributed by atoms with Gasteiger partial charge in [-0.15, -0.1) is 4.33 Å². The molecule has 1 saturated carbocycles. The van der Waals surface area contributed by atoms with E-state index in [1.807, 2.05) is 30.3 Å². The van der Waals surface area contributed by atoms with Gasteiger partial charge in [0.25, 0.3) is 0 Å². The van der Waals surface area contributed by atoms with Gasteiger partial charge in [-0.3, -0.25) is 0 Å². The molecule has 2 rings (SSSR count). The van der Waals surface area contributed by atoms with E-state index in [0.29, 0.717) is 12.3 Å². The molecule has 0 atom stereocenters. The Balaban J connectivity index is 1.87. The molecular formula is C16H23NO5S. The van der Waals surface area contributed by atoms with E-state index in [4.69, 9.17) is 9.99 Å². The maximum Gasteiger partial charge on any atom is 0.410 e. The molecule has 23 heavy (non-hydrogen) atoms. The Morgan fingerprint density at radius 1 is 1.22 bits per heavy atom. The summed E-state index contributed by atoms with van der Waals surface area (Å²) < 4.78 is 9.83. The number of hydrogen-bond acceptors (Lipinski definition) is 6. The Kier molecular flexibility index (Phi) is 8.24. The van der Waals surface area contributed by atoms with E-state index in [-0.39, 0.29) is 18.7 Å². The Hall–Kier alpha value is -1.28. The molecule has 1 amide bonds. The number of hydrogen-bond donors (Lipinski definition) is 1. The molecule has 0 bridgehead atoms. The minimum Gasteiger partial charge on any atom is -0.445 e. The highest BCUT2D eigenvalue weighted by Gasteiger charge is 2.26. The molecule has 6 nitrogen and oxygen atoms in total. The predicted octanol–water partition coefficient (Wildman–Crippen LogP) is 4.03. The second-order valence-electron chi connectivity index (χ2n) is 5.49. The molecule has 0 aliphatic heterocycles. The summed E-state index contributed by atoms with van der Waals surface area (Å²) in [7, 11) is 0. The van der Waals surface area contributed by atoms with Gasteiger partial charge in [0, 0.05) is 30.4 Å². The Morgan fingerprint density at radius 2 is 1.96 bits per heavy atom. The first-order valence-corrected chi connectivity index (χ1v) is 8.79. The number of ether oxygens (including phenoxy) is 1. The number of benzene rings is 1. The highest BCUT2D eigenvalue weighted by Crippen LogP contribution is 2.24. The van der Waals surface area contributed by atoms with Gasteiger partial charge in [-0.05, 0) is 18.4 Å². The smallest absolute Gasteiger partial charge is 0.410 e. The Bertz CT molecular complexity index is 453. The molecule has 0 radical (unpaired) electrons. The van der Waals surface area contributed by atoms with Crippen LogP contribution in [-0.2, 0) is 20.7 Å². The summed E-state index contributed by atoms with van der Waals surface area (Å²) in [5.41, 5.74) is 0.968. The lowest BCUT2D eigenvalue weighted by Crippen LogP contribution is -2.43. The molecule has 1 N–H and O–H groups in total. The number of amides is 1. The first-order valence-electron chi connectivity index (χ1n) is 7.88. The maximum atomic E-state index is 12.5. The summed E-state index contributed by atoms with van der Waals surface area (Å²) >= 11 is 0.956. The van der Waals surface area contributed by atoms with Gasteiger partial charge in [-0.2, -0.15) is 0 Å². The van der Waals surface area contributed by atoms with E-state index >= 15 is 0 Å². The number of carbonyl (C=O) groups excluding carboxylic acids is 1. The average molecular weight is 341 g/mol. The first-order chi connectivity index (χ1) is 11.3. The van der Waals surface area contributed by atoms with Gasteiger partial charge in [0.05, 0.1) is 0 Å². The predicted molar refractivity (Wildman–Crippen MR) is 87.5 cm³/mol. The summed E-state index contributed by atoms with van der Waals surface area (Å²) in [6.07, 6.45) is 5.20. The zero-order valence-electron chi connectivity index (χ0n) is 13.1. The third-order valence-corrected chi connectivity index (χ3v) is 4.46. The van der Waals surface area contributed by atoms with E-state index in [0.717, 1.165) is 43.3 Å². The van der Waals surface area contributed by atoms with Crippen LogP contribution in [-0.4, -0.2) is 34.6 Å². The second kappa shape index (κ2) is 10.5. The van der Waals surface area contributed by atoms with Crippen molar-refractivity contribution in [2.45, 2.75) is 44.8 Å². The van der Waals surface area contributed by atoms with E-state index in [2.05, 4.69) is 9.37 Å². The highest BCUT2D eigenvalue weighted by molar-refractivity contribution is 7.94. The van der Waals surface area contributed by atoms with Gasteiger partial charge in [-0.25, -0.2) is 10.1 Å². The third kappa shape index (κ3) is 6.39. The summed E-state index contributed by atoms with van der Waals surface area (Å²) in [5, 5.41) is 11.7. The molecule has 128 valence electrons. The maximum absolute atomic E-state index is 12.5. The first kappa shape index (κ1) is 18.1. The Labute approximate surface area is 140 Å². The number of rotatable bonds is 8. The van der Waals surface area contributed by atoms with Gasteiger partial charge >= 0.3 is 6.09 Å². The van der Waals surface area contributed by atoms with E-state index < -0.39 is 0 Å². The second-order valence-corrected chi connectivity index (χ2v) is 6.27. The molecule has 0 saturated heterocycles. The fourth-order valence-electron chi connectivity index (χ4n) is 2.81. The molecule has 1 aliphatic carbocycles. The van der Waals surface area contributed by atoms with Gasteiger partial charge in [0.1, 0.15) is 6.61 Å². The van der Waals surface area contributed by atoms with E-state index in [1.54, 1.807) is 4.90 Å². The van der Waals surface area contributed by atoms with Crippen LogP contribution in [0.4, 0.5) is 4.79 Å². The summed E-state index contributed by atoms with van der Waals surface area (Å²) in [5.74, 6) is 0.498. The minimum atomic E-state index is -0.300. The minimum absolute atomic E-state index is 0.211. The highest BCUT2D eigenvalue weighted by atomic mass is 32.2. The topological polar surface area (TPSA) is 68.2 Å². The monoisotopic (exact) mass is 341 g/mol. The quantitative estimate of drug-likeness (QED) is 0.333. The lowest BCUT2D eigenvalue weighted by atomic mass is 9.94. The summed E-state index contributed by atoms with van der Waals surface area (Å²) in [6.45, 7) is 0.763. The van der Waals surface area contributed by atoms with Gasteiger partial charge in [0.2, 0.25) is 0 Å². The standard InChI is InChI=1S/C16H23NO5S/c18-16(20-13-14-7-3-1-4-8-14)17(11-12-23-22-21-19)15-9-5-2-6-10-15/h1,3-4,7-8,15,19H,2,5-6,9-13H2. The van der Waals surface area contributed by atoms with Crippen molar-refractivity contribution in [1.82, 2.24) is 4.90 Å². The number of nitrogens with zero attached hydrogens (tertiary/aromatic N) is 1. The average Bonchev–Trinajstić information content (AvgIpc) is 2.61. The van der Waals surface area contributed by atoms with Crippen LogP contribution in [0.2, 0.25) is 0 Å². The van der Waals surface area contributed by atoms with Crippen LogP contribution in [0.3, 0.4) is 0 Å². The van der Waals surface area contributed by atoms with Crippen molar-refractivity contribution < 1.29 is 24.2 Å². The van der Waals surface area contributed by atoms with Crippen LogP contribution >= 0.6 is 12.0 Å². The third-order valence-electron chi connectivity index (χ3n) is 3.95. The molecule has 1 aromatic carbocycles. The van der Waals surface area contributed by atoms with Crippen molar-refractivity contribution in [3.05, 3.63) is 35.9 Å². The van der Waals surface area contributed by atoms with E-state index in [1.165, 1.54) is 6.42 Å². The van der Waals surface area contributed by atoms with Crippen LogP contribution < -0.4 is 0 Å².